The molecule has 0 unspecified atom stereocenters. The van der Waals surface area contributed by atoms with E-state index in [1.807, 2.05) is 0 Å². The predicted octanol–water partition coefficient (Wildman–Crippen LogP) is 4.46. The molecule has 3 nitrogen and oxygen atoms in total. The molecule has 0 radical (unpaired) electrons. The van der Waals surface area contributed by atoms with Crippen LogP contribution in [0.25, 0.3) is 0 Å². The van der Waals surface area contributed by atoms with Crippen LogP contribution in [0.15, 0.2) is 24.3 Å². The van der Waals surface area contributed by atoms with Crippen LogP contribution in [0.5, 0.6) is 0 Å². The molecule has 0 aromatic heterocycles. The minimum Gasteiger partial charge on any atom is -0.375 e. The molecule has 1 fully saturated rings. The zero-order valence-corrected chi connectivity index (χ0v) is 15.0. The normalized spacial score (nSPS) is 17.8. The maximum atomic E-state index is 12.9. The van der Waals surface area contributed by atoms with Crippen molar-refractivity contribution in [1.29, 1.82) is 0 Å². The first-order valence-electron chi connectivity index (χ1n) is 9.17. The molecule has 2 rings (SSSR count). The molecule has 0 bridgehead atoms. The van der Waals surface area contributed by atoms with Crippen molar-refractivity contribution in [2.45, 2.75) is 58.0 Å². The Kier molecular flexibility index (Phi) is 7.38. The van der Waals surface area contributed by atoms with Gasteiger partial charge in [0.15, 0.2) is 5.78 Å². The minimum atomic E-state index is -0.302. The van der Waals surface area contributed by atoms with Crippen molar-refractivity contribution in [2.75, 3.05) is 26.2 Å². The highest BCUT2D eigenvalue weighted by molar-refractivity contribution is 5.95. The van der Waals surface area contributed by atoms with Crippen molar-refractivity contribution in [3.63, 3.8) is 0 Å². The molecule has 0 atom stereocenters. The molecule has 1 heterocycles. The van der Waals surface area contributed by atoms with Crippen LogP contribution in [0.3, 0.4) is 0 Å². The van der Waals surface area contributed by atoms with Crippen molar-refractivity contribution < 1.29 is 13.9 Å². The Balaban J connectivity index is 1.65. The van der Waals surface area contributed by atoms with Gasteiger partial charge in [-0.15, -0.1) is 0 Å². The van der Waals surface area contributed by atoms with Gasteiger partial charge < -0.3 is 9.64 Å². The summed E-state index contributed by atoms with van der Waals surface area (Å²) in [5, 5.41) is 0. The summed E-state index contributed by atoms with van der Waals surface area (Å²) in [5.74, 6) is -0.205. The summed E-state index contributed by atoms with van der Waals surface area (Å²) in [6.07, 6.45) is 5.79. The molecule has 0 amide bonds. The first kappa shape index (κ1) is 19.1. The SMILES string of the molecule is CCCCOC1(C)CCN(CCCC(=O)c2ccc(F)cc2)CC1. The van der Waals surface area contributed by atoms with E-state index in [1.54, 1.807) is 12.1 Å². The van der Waals surface area contributed by atoms with Gasteiger partial charge in [-0.3, -0.25) is 4.79 Å². The number of carbonyl (C=O) groups is 1. The fourth-order valence-corrected chi connectivity index (χ4v) is 3.10. The van der Waals surface area contributed by atoms with E-state index < -0.39 is 0 Å². The van der Waals surface area contributed by atoms with E-state index in [4.69, 9.17) is 4.74 Å². The highest BCUT2D eigenvalue weighted by atomic mass is 19.1. The third kappa shape index (κ3) is 5.99. The van der Waals surface area contributed by atoms with E-state index in [0.717, 1.165) is 51.9 Å². The van der Waals surface area contributed by atoms with Gasteiger partial charge in [-0.1, -0.05) is 13.3 Å². The monoisotopic (exact) mass is 335 g/mol. The summed E-state index contributed by atoms with van der Waals surface area (Å²) in [7, 11) is 0. The fraction of sp³-hybridized carbons (Fsp3) is 0.650. The van der Waals surface area contributed by atoms with Gasteiger partial charge in [0.05, 0.1) is 5.60 Å². The highest BCUT2D eigenvalue weighted by Crippen LogP contribution is 2.26. The number of ketones is 1. The predicted molar refractivity (Wildman–Crippen MR) is 94.9 cm³/mol. The van der Waals surface area contributed by atoms with Crippen LogP contribution >= 0.6 is 0 Å². The molecule has 0 aliphatic carbocycles. The minimum absolute atomic E-state index is 0.0234. The summed E-state index contributed by atoms with van der Waals surface area (Å²) in [5.41, 5.74) is 0.627. The van der Waals surface area contributed by atoms with Gasteiger partial charge in [-0.2, -0.15) is 0 Å². The average Bonchev–Trinajstić information content (AvgIpc) is 2.57. The molecule has 0 N–H and O–H groups in total. The van der Waals surface area contributed by atoms with Gasteiger partial charge >= 0.3 is 0 Å². The van der Waals surface area contributed by atoms with E-state index in [2.05, 4.69) is 18.7 Å². The number of unbranched alkanes of at least 4 members (excludes halogenated alkanes) is 1. The maximum absolute atomic E-state index is 12.9. The highest BCUT2D eigenvalue weighted by Gasteiger charge is 2.30. The summed E-state index contributed by atoms with van der Waals surface area (Å²) >= 11 is 0. The van der Waals surface area contributed by atoms with E-state index in [-0.39, 0.29) is 17.2 Å². The second-order valence-corrected chi connectivity index (χ2v) is 7.03. The quantitative estimate of drug-likeness (QED) is 0.493. The molecule has 0 saturated carbocycles. The van der Waals surface area contributed by atoms with Crippen LogP contribution in [-0.4, -0.2) is 42.5 Å². The Bertz CT molecular complexity index is 507. The molecular formula is C20H30FNO2. The van der Waals surface area contributed by atoms with Gasteiger partial charge in [0, 0.05) is 31.7 Å². The number of carbonyl (C=O) groups excluding carboxylic acids is 1. The average molecular weight is 335 g/mol. The lowest BCUT2D eigenvalue weighted by Crippen LogP contribution is -2.44. The van der Waals surface area contributed by atoms with Crippen LogP contribution in [0.2, 0.25) is 0 Å². The third-order valence-corrected chi connectivity index (χ3v) is 4.91. The van der Waals surface area contributed by atoms with Crippen LogP contribution in [0.1, 0.15) is 62.7 Å². The summed E-state index contributed by atoms with van der Waals surface area (Å²) in [6.45, 7) is 8.28. The molecule has 1 aliphatic heterocycles. The lowest BCUT2D eigenvalue weighted by Gasteiger charge is -2.39. The van der Waals surface area contributed by atoms with Crippen LogP contribution < -0.4 is 0 Å². The number of hydrogen-bond acceptors (Lipinski definition) is 3. The fourth-order valence-electron chi connectivity index (χ4n) is 3.10. The zero-order chi connectivity index (χ0) is 17.4. The largest absolute Gasteiger partial charge is 0.375 e. The van der Waals surface area contributed by atoms with Crippen molar-refractivity contribution in [1.82, 2.24) is 4.90 Å². The summed E-state index contributed by atoms with van der Waals surface area (Å²) in [4.78, 5) is 14.5. The van der Waals surface area contributed by atoms with Crippen LogP contribution in [-0.2, 0) is 4.74 Å². The molecule has 134 valence electrons. The van der Waals surface area contributed by atoms with Gasteiger partial charge in [-0.05, 0) is 63.4 Å². The van der Waals surface area contributed by atoms with Crippen molar-refractivity contribution in [3.8, 4) is 0 Å². The van der Waals surface area contributed by atoms with Crippen molar-refractivity contribution in [3.05, 3.63) is 35.6 Å². The third-order valence-electron chi connectivity index (χ3n) is 4.91. The Morgan fingerprint density at radius 1 is 1.21 bits per heavy atom. The molecule has 4 heteroatoms. The number of likely N-dealkylation sites (tertiary alicyclic amines) is 1. The second kappa shape index (κ2) is 9.28. The first-order valence-corrected chi connectivity index (χ1v) is 9.17. The number of ether oxygens (including phenoxy) is 1. The Morgan fingerprint density at radius 2 is 1.88 bits per heavy atom. The van der Waals surface area contributed by atoms with Crippen LogP contribution in [0, 0.1) is 5.82 Å². The molecule has 1 aliphatic rings. The molecular weight excluding hydrogens is 305 g/mol. The van der Waals surface area contributed by atoms with Gasteiger partial charge in [0.2, 0.25) is 0 Å². The smallest absolute Gasteiger partial charge is 0.162 e. The Hall–Kier alpha value is -1.26. The molecule has 0 spiro atoms. The number of halogens is 1. The second-order valence-electron chi connectivity index (χ2n) is 7.03. The first-order chi connectivity index (χ1) is 11.5. The lowest BCUT2D eigenvalue weighted by molar-refractivity contribution is -0.0718. The van der Waals surface area contributed by atoms with Gasteiger partial charge in [0.1, 0.15) is 5.82 Å². The Labute approximate surface area is 145 Å². The Morgan fingerprint density at radius 3 is 2.50 bits per heavy atom. The van der Waals surface area contributed by atoms with E-state index in [0.29, 0.717) is 12.0 Å². The number of rotatable bonds is 9. The molecule has 1 aromatic rings. The topological polar surface area (TPSA) is 29.5 Å². The lowest BCUT2D eigenvalue weighted by atomic mass is 9.93. The number of hydrogen-bond donors (Lipinski definition) is 0. The molecule has 1 aromatic carbocycles. The van der Waals surface area contributed by atoms with E-state index in [1.165, 1.54) is 18.6 Å². The summed E-state index contributed by atoms with van der Waals surface area (Å²) in [6, 6.07) is 5.82. The zero-order valence-electron chi connectivity index (χ0n) is 15.0. The van der Waals surface area contributed by atoms with Gasteiger partial charge in [-0.25, -0.2) is 4.39 Å². The molecule has 24 heavy (non-hydrogen) atoms. The van der Waals surface area contributed by atoms with Crippen molar-refractivity contribution >= 4 is 5.78 Å². The van der Waals surface area contributed by atoms with E-state index >= 15 is 0 Å². The van der Waals surface area contributed by atoms with E-state index in [9.17, 15) is 9.18 Å². The number of Topliss-reactive ketones (excluding diaryl/α,β-unsaturated/α-hetero) is 1. The summed E-state index contributed by atoms with van der Waals surface area (Å²) < 4.78 is 18.9. The number of benzene rings is 1. The van der Waals surface area contributed by atoms with Gasteiger partial charge in [0.25, 0.3) is 0 Å². The maximum Gasteiger partial charge on any atom is 0.162 e. The standard InChI is InChI=1S/C20H30FNO2/c1-3-4-16-24-20(2)11-14-22(15-12-20)13-5-6-19(23)17-7-9-18(21)10-8-17/h7-10H,3-6,11-16H2,1-2H3. The molecule has 1 saturated heterocycles. The van der Waals surface area contributed by atoms with Crippen LogP contribution in [0.4, 0.5) is 4.39 Å². The number of nitrogens with zero attached hydrogens (tertiary/aromatic N) is 1. The number of piperidine rings is 1. The van der Waals surface area contributed by atoms with Crippen molar-refractivity contribution in [2.24, 2.45) is 0 Å².